The first-order valence-corrected chi connectivity index (χ1v) is 4.81. The van der Waals surface area contributed by atoms with Crippen LogP contribution in [0.15, 0.2) is 11.6 Å². The largest absolute Gasteiger partial charge is 0.389 e. The third-order valence-corrected chi connectivity index (χ3v) is 2.04. The number of aliphatic hydroxyl groups is 1. The Kier molecular flexibility index (Phi) is 5.63. The zero-order chi connectivity index (χ0) is 10.4. The van der Waals surface area contributed by atoms with E-state index in [0.29, 0.717) is 11.5 Å². The van der Waals surface area contributed by atoms with Gasteiger partial charge >= 0.3 is 0 Å². The van der Waals surface area contributed by atoms with E-state index >= 15 is 0 Å². The monoisotopic (exact) mass is 184 g/mol. The maximum atomic E-state index is 10.8. The first kappa shape index (κ1) is 12.4. The van der Waals surface area contributed by atoms with E-state index in [-0.39, 0.29) is 5.78 Å². The third-order valence-electron chi connectivity index (χ3n) is 2.04. The molecule has 0 aliphatic rings. The van der Waals surface area contributed by atoms with Crippen LogP contribution in [0.5, 0.6) is 0 Å². The number of Topliss-reactive ketones (excluding diaryl/α,β-unsaturated/α-hetero) is 1. The number of carbonyl (C=O) groups excluding carboxylic acids is 1. The van der Waals surface area contributed by atoms with Crippen LogP contribution in [0.2, 0.25) is 0 Å². The zero-order valence-electron chi connectivity index (χ0n) is 9.00. The zero-order valence-corrected chi connectivity index (χ0v) is 9.00. The minimum Gasteiger partial charge on any atom is -0.389 e. The summed E-state index contributed by atoms with van der Waals surface area (Å²) >= 11 is 0. The van der Waals surface area contributed by atoms with Crippen molar-refractivity contribution in [1.29, 1.82) is 0 Å². The van der Waals surface area contributed by atoms with E-state index in [9.17, 15) is 9.90 Å². The third kappa shape index (κ3) is 6.52. The molecule has 1 N–H and O–H groups in total. The molecule has 0 spiro atoms. The van der Waals surface area contributed by atoms with E-state index in [1.54, 1.807) is 13.0 Å². The minimum absolute atomic E-state index is 0.0311. The van der Waals surface area contributed by atoms with Crippen LogP contribution in [0.3, 0.4) is 0 Å². The van der Waals surface area contributed by atoms with Gasteiger partial charge in [-0.2, -0.15) is 0 Å². The molecule has 0 saturated heterocycles. The molecule has 0 rings (SSSR count). The highest BCUT2D eigenvalue weighted by atomic mass is 16.3. The first-order valence-electron chi connectivity index (χ1n) is 4.81. The summed E-state index contributed by atoms with van der Waals surface area (Å²) in [6.45, 7) is 7.49. The van der Waals surface area contributed by atoms with Crippen LogP contribution in [0.4, 0.5) is 0 Å². The molecule has 0 amide bonds. The second kappa shape index (κ2) is 5.92. The second-order valence-electron chi connectivity index (χ2n) is 3.94. The van der Waals surface area contributed by atoms with Crippen molar-refractivity contribution in [3.8, 4) is 0 Å². The van der Waals surface area contributed by atoms with Crippen molar-refractivity contribution in [3.05, 3.63) is 11.6 Å². The molecule has 76 valence electrons. The van der Waals surface area contributed by atoms with Gasteiger partial charge in [-0.3, -0.25) is 4.79 Å². The van der Waals surface area contributed by atoms with Crippen molar-refractivity contribution >= 4 is 5.78 Å². The second-order valence-corrected chi connectivity index (χ2v) is 3.94. The molecular formula is C11H20O2. The fourth-order valence-corrected chi connectivity index (χ4v) is 0.993. The van der Waals surface area contributed by atoms with Crippen LogP contribution in [-0.4, -0.2) is 17.0 Å². The summed E-state index contributed by atoms with van der Waals surface area (Å²) in [6, 6.07) is 0. The predicted octanol–water partition coefficient (Wildman–Crippen LogP) is 2.32. The smallest absolute Gasteiger partial charge is 0.155 e. The van der Waals surface area contributed by atoms with E-state index in [2.05, 4.69) is 13.8 Å². The Morgan fingerprint density at radius 2 is 1.85 bits per heavy atom. The van der Waals surface area contributed by atoms with Crippen LogP contribution in [-0.2, 0) is 4.79 Å². The van der Waals surface area contributed by atoms with Crippen LogP contribution in [0, 0.1) is 5.92 Å². The van der Waals surface area contributed by atoms with Crippen LogP contribution < -0.4 is 0 Å². The molecule has 0 aliphatic heterocycles. The highest BCUT2D eigenvalue weighted by molar-refractivity contribution is 5.92. The molecule has 1 unspecified atom stereocenters. The number of hydrogen-bond donors (Lipinski definition) is 1. The molecule has 0 saturated carbocycles. The molecule has 13 heavy (non-hydrogen) atoms. The minimum atomic E-state index is -0.466. The van der Waals surface area contributed by atoms with Crippen molar-refractivity contribution in [3.63, 3.8) is 0 Å². The lowest BCUT2D eigenvalue weighted by Crippen LogP contribution is -2.06. The van der Waals surface area contributed by atoms with Gasteiger partial charge in [0.25, 0.3) is 0 Å². The summed E-state index contributed by atoms with van der Waals surface area (Å²) < 4.78 is 0. The molecule has 0 aromatic rings. The standard InChI is InChI=1S/C11H20O2/c1-8(2)5-6-11(13)7-9(3)10(4)12/h7-8,11,13H,5-6H2,1-4H3/b9-7+. The van der Waals surface area contributed by atoms with Gasteiger partial charge < -0.3 is 5.11 Å². The van der Waals surface area contributed by atoms with Crippen LogP contribution in [0.1, 0.15) is 40.5 Å². The summed E-state index contributed by atoms with van der Waals surface area (Å²) in [6.07, 6.45) is 2.90. The summed E-state index contributed by atoms with van der Waals surface area (Å²) in [5.74, 6) is 0.629. The maximum Gasteiger partial charge on any atom is 0.155 e. The summed E-state index contributed by atoms with van der Waals surface area (Å²) in [4.78, 5) is 10.8. The lowest BCUT2D eigenvalue weighted by Gasteiger charge is -2.08. The predicted molar refractivity (Wildman–Crippen MR) is 54.5 cm³/mol. The molecule has 2 nitrogen and oxygen atoms in total. The van der Waals surface area contributed by atoms with Crippen molar-refractivity contribution in [2.45, 2.75) is 46.6 Å². The van der Waals surface area contributed by atoms with Gasteiger partial charge in [-0.1, -0.05) is 13.8 Å². The number of carbonyl (C=O) groups is 1. The number of aliphatic hydroxyl groups excluding tert-OH is 1. The van der Waals surface area contributed by atoms with Gasteiger partial charge in [0.2, 0.25) is 0 Å². The van der Waals surface area contributed by atoms with Crippen LogP contribution >= 0.6 is 0 Å². The van der Waals surface area contributed by atoms with Crippen molar-refractivity contribution < 1.29 is 9.90 Å². The van der Waals surface area contributed by atoms with E-state index in [4.69, 9.17) is 0 Å². The Hall–Kier alpha value is -0.630. The topological polar surface area (TPSA) is 37.3 Å². The van der Waals surface area contributed by atoms with Gasteiger partial charge in [0.1, 0.15) is 0 Å². The number of allylic oxidation sites excluding steroid dienone is 1. The van der Waals surface area contributed by atoms with E-state index in [1.165, 1.54) is 6.92 Å². The molecule has 0 bridgehead atoms. The summed E-state index contributed by atoms with van der Waals surface area (Å²) in [7, 11) is 0. The lowest BCUT2D eigenvalue weighted by molar-refractivity contribution is -0.113. The fourth-order valence-electron chi connectivity index (χ4n) is 0.993. The lowest BCUT2D eigenvalue weighted by atomic mass is 10.0. The fraction of sp³-hybridized carbons (Fsp3) is 0.727. The quantitative estimate of drug-likeness (QED) is 0.666. The summed E-state index contributed by atoms with van der Waals surface area (Å²) in [5, 5.41) is 9.49. The van der Waals surface area contributed by atoms with Gasteiger partial charge in [0, 0.05) is 0 Å². The number of rotatable bonds is 5. The van der Waals surface area contributed by atoms with E-state index < -0.39 is 6.10 Å². The van der Waals surface area contributed by atoms with Gasteiger partial charge in [-0.15, -0.1) is 0 Å². The molecule has 0 aromatic heterocycles. The van der Waals surface area contributed by atoms with Gasteiger partial charge in [-0.25, -0.2) is 0 Å². The van der Waals surface area contributed by atoms with Crippen molar-refractivity contribution in [1.82, 2.24) is 0 Å². The number of hydrogen-bond acceptors (Lipinski definition) is 2. The average molecular weight is 184 g/mol. The maximum absolute atomic E-state index is 10.8. The Bertz CT molecular complexity index is 192. The molecule has 0 aliphatic carbocycles. The normalized spacial score (nSPS) is 14.8. The molecule has 0 aromatic carbocycles. The van der Waals surface area contributed by atoms with Crippen LogP contribution in [0.25, 0.3) is 0 Å². The molecule has 0 radical (unpaired) electrons. The van der Waals surface area contributed by atoms with Gasteiger partial charge in [0.05, 0.1) is 6.10 Å². The highest BCUT2D eigenvalue weighted by Crippen LogP contribution is 2.09. The highest BCUT2D eigenvalue weighted by Gasteiger charge is 2.04. The Morgan fingerprint density at radius 3 is 2.23 bits per heavy atom. The Labute approximate surface area is 80.7 Å². The Balaban J connectivity index is 3.92. The van der Waals surface area contributed by atoms with E-state index in [0.717, 1.165) is 12.8 Å². The summed E-state index contributed by atoms with van der Waals surface area (Å²) in [5.41, 5.74) is 0.649. The van der Waals surface area contributed by atoms with Crippen molar-refractivity contribution in [2.75, 3.05) is 0 Å². The molecular weight excluding hydrogens is 164 g/mol. The molecule has 0 heterocycles. The van der Waals surface area contributed by atoms with Gasteiger partial charge in [0.15, 0.2) is 5.78 Å². The first-order chi connectivity index (χ1) is 5.93. The molecule has 0 fully saturated rings. The van der Waals surface area contributed by atoms with Crippen molar-refractivity contribution in [2.24, 2.45) is 5.92 Å². The SMILES string of the molecule is CC(=O)/C(C)=C/C(O)CCC(C)C. The Morgan fingerprint density at radius 1 is 1.31 bits per heavy atom. The molecule has 1 atom stereocenters. The number of ketones is 1. The molecule has 2 heteroatoms. The van der Waals surface area contributed by atoms with Gasteiger partial charge in [-0.05, 0) is 44.3 Å². The average Bonchev–Trinajstić information content (AvgIpc) is 2.00. The van der Waals surface area contributed by atoms with E-state index in [1.807, 2.05) is 0 Å².